The van der Waals surface area contributed by atoms with Crippen LogP contribution in [0.2, 0.25) is 0 Å². The standard InChI is InChI=1S/C3H6N/c1-2-4-3-1/h1-3H2. The summed E-state index contributed by atoms with van der Waals surface area (Å²) in [5.41, 5.74) is 0. The van der Waals surface area contributed by atoms with Crippen molar-refractivity contribution in [3.63, 3.8) is 0 Å². The second-order valence-electron chi connectivity index (χ2n) is 1.02. The van der Waals surface area contributed by atoms with Crippen molar-refractivity contribution in [3.05, 3.63) is 0 Å². The second kappa shape index (κ2) is 0.725. The molecule has 0 bridgehead atoms. The van der Waals surface area contributed by atoms with E-state index in [1.165, 1.54) is 6.42 Å². The van der Waals surface area contributed by atoms with Gasteiger partial charge in [0.05, 0.1) is 0 Å². The quantitative estimate of drug-likeness (QED) is 0.371. The lowest BCUT2D eigenvalue weighted by Gasteiger charge is -2.06. The summed E-state index contributed by atoms with van der Waals surface area (Å²) in [4.78, 5) is 0. The fraction of sp³-hybridized carbons (Fsp3) is 1.00. The molecule has 0 aromatic rings. The SMILES string of the molecule is C1C[N]C1. The van der Waals surface area contributed by atoms with Crippen LogP contribution in [0.25, 0.3) is 0 Å². The minimum atomic E-state index is 1.12. The van der Waals surface area contributed by atoms with Gasteiger partial charge in [-0.3, -0.25) is 0 Å². The number of hydrogen-bond donors (Lipinski definition) is 0. The molecule has 0 aliphatic carbocycles. The average Bonchev–Trinajstić information content (AvgIpc) is 0.722. The van der Waals surface area contributed by atoms with E-state index in [-0.39, 0.29) is 0 Å². The van der Waals surface area contributed by atoms with E-state index in [0.29, 0.717) is 0 Å². The minimum Gasteiger partial charge on any atom is -0.242 e. The Balaban J connectivity index is 2.00. The van der Waals surface area contributed by atoms with Gasteiger partial charge in [0, 0.05) is 13.1 Å². The highest BCUT2D eigenvalue weighted by molar-refractivity contribution is 4.56. The van der Waals surface area contributed by atoms with Gasteiger partial charge in [0.2, 0.25) is 0 Å². The van der Waals surface area contributed by atoms with Crippen LogP contribution >= 0.6 is 0 Å². The van der Waals surface area contributed by atoms with Crippen LogP contribution in [0.1, 0.15) is 6.42 Å². The summed E-state index contributed by atoms with van der Waals surface area (Å²) in [6.07, 6.45) is 1.33. The topological polar surface area (TPSA) is 14.1 Å². The molecular formula is C3H6N. The smallest absolute Gasteiger partial charge is 0.0146 e. The van der Waals surface area contributed by atoms with Crippen molar-refractivity contribution in [2.24, 2.45) is 0 Å². The molecule has 1 nitrogen and oxygen atoms in total. The van der Waals surface area contributed by atoms with Crippen LogP contribution in [0.3, 0.4) is 0 Å². The van der Waals surface area contributed by atoms with Gasteiger partial charge in [0.15, 0.2) is 0 Å². The van der Waals surface area contributed by atoms with Gasteiger partial charge in [-0.2, -0.15) is 0 Å². The Labute approximate surface area is 26.0 Å². The average molecular weight is 56.1 g/mol. The first-order valence-electron chi connectivity index (χ1n) is 1.63. The van der Waals surface area contributed by atoms with Gasteiger partial charge >= 0.3 is 0 Å². The number of hydrogen-bond acceptors (Lipinski definition) is 0. The molecule has 1 heteroatoms. The second-order valence-corrected chi connectivity index (χ2v) is 1.02. The molecule has 0 aromatic carbocycles. The van der Waals surface area contributed by atoms with E-state index in [1.54, 1.807) is 0 Å². The Morgan fingerprint density at radius 1 is 1.25 bits per heavy atom. The van der Waals surface area contributed by atoms with Crippen LogP contribution in [-0.4, -0.2) is 13.1 Å². The molecule has 1 aliphatic heterocycles. The molecule has 1 fully saturated rings. The maximum atomic E-state index is 3.92. The summed E-state index contributed by atoms with van der Waals surface area (Å²) in [6, 6.07) is 0. The summed E-state index contributed by atoms with van der Waals surface area (Å²) in [5, 5.41) is 3.92. The summed E-state index contributed by atoms with van der Waals surface area (Å²) < 4.78 is 0. The van der Waals surface area contributed by atoms with Crippen LogP contribution in [0.15, 0.2) is 0 Å². The van der Waals surface area contributed by atoms with Gasteiger partial charge in [-0.25, -0.2) is 5.32 Å². The van der Waals surface area contributed by atoms with E-state index in [0.717, 1.165) is 13.1 Å². The molecular weight excluding hydrogens is 50.0 g/mol. The molecule has 0 amide bonds. The van der Waals surface area contributed by atoms with Crippen LogP contribution in [0, 0.1) is 0 Å². The van der Waals surface area contributed by atoms with E-state index in [2.05, 4.69) is 5.32 Å². The molecule has 0 aromatic heterocycles. The maximum Gasteiger partial charge on any atom is 0.0146 e. The molecule has 1 radical (unpaired) electrons. The van der Waals surface area contributed by atoms with Crippen LogP contribution < -0.4 is 5.32 Å². The molecule has 4 heavy (non-hydrogen) atoms. The van der Waals surface area contributed by atoms with Gasteiger partial charge < -0.3 is 0 Å². The lowest BCUT2D eigenvalue weighted by Crippen LogP contribution is -2.21. The molecule has 1 aliphatic rings. The Kier molecular flexibility index (Phi) is 0.401. The Bertz CT molecular complexity index is 11.2. The monoisotopic (exact) mass is 56.1 g/mol. The van der Waals surface area contributed by atoms with Gasteiger partial charge in [-0.05, 0) is 6.42 Å². The van der Waals surface area contributed by atoms with E-state index in [1.807, 2.05) is 0 Å². The van der Waals surface area contributed by atoms with Crippen LogP contribution in [0.4, 0.5) is 0 Å². The van der Waals surface area contributed by atoms with Crippen LogP contribution in [-0.2, 0) is 0 Å². The third-order valence-electron chi connectivity index (χ3n) is 0.632. The molecule has 0 atom stereocenters. The largest absolute Gasteiger partial charge is 0.242 e. The molecule has 23 valence electrons. The van der Waals surface area contributed by atoms with Crippen molar-refractivity contribution in [1.29, 1.82) is 0 Å². The Hall–Kier alpha value is -0.0400. The lowest BCUT2D eigenvalue weighted by molar-refractivity contribution is 0.515. The van der Waals surface area contributed by atoms with Crippen molar-refractivity contribution in [2.45, 2.75) is 6.42 Å². The van der Waals surface area contributed by atoms with E-state index >= 15 is 0 Å². The third kappa shape index (κ3) is 0.115. The molecule has 0 spiro atoms. The first-order chi connectivity index (χ1) is 2.00. The van der Waals surface area contributed by atoms with Crippen molar-refractivity contribution in [1.82, 2.24) is 5.32 Å². The van der Waals surface area contributed by atoms with E-state index in [4.69, 9.17) is 0 Å². The highest BCUT2D eigenvalue weighted by atomic mass is 14.9. The zero-order valence-electron chi connectivity index (χ0n) is 2.57. The minimum absolute atomic E-state index is 1.12. The fourth-order valence-corrected chi connectivity index (χ4v) is 0.158. The van der Waals surface area contributed by atoms with Gasteiger partial charge in [-0.15, -0.1) is 0 Å². The summed E-state index contributed by atoms with van der Waals surface area (Å²) in [5.74, 6) is 0. The summed E-state index contributed by atoms with van der Waals surface area (Å²) >= 11 is 0. The van der Waals surface area contributed by atoms with Crippen molar-refractivity contribution in [3.8, 4) is 0 Å². The van der Waals surface area contributed by atoms with Gasteiger partial charge in [0.25, 0.3) is 0 Å². The van der Waals surface area contributed by atoms with Crippen LogP contribution in [0.5, 0.6) is 0 Å². The lowest BCUT2D eigenvalue weighted by atomic mass is 10.3. The molecule has 0 saturated carbocycles. The molecule has 0 unspecified atom stereocenters. The summed E-state index contributed by atoms with van der Waals surface area (Å²) in [6.45, 7) is 2.25. The molecule has 1 heterocycles. The highest BCUT2D eigenvalue weighted by Gasteiger charge is 1.95. The predicted molar refractivity (Wildman–Crippen MR) is 16.5 cm³/mol. The summed E-state index contributed by atoms with van der Waals surface area (Å²) in [7, 11) is 0. The van der Waals surface area contributed by atoms with E-state index in [9.17, 15) is 0 Å². The zero-order valence-corrected chi connectivity index (χ0v) is 2.57. The maximum absolute atomic E-state index is 3.92. The normalized spacial score (nSPS) is 24.0. The highest BCUT2D eigenvalue weighted by Crippen LogP contribution is 1.84. The Morgan fingerprint density at radius 3 is 1.50 bits per heavy atom. The first kappa shape index (κ1) is 2.21. The molecule has 1 saturated heterocycles. The third-order valence-corrected chi connectivity index (χ3v) is 0.632. The van der Waals surface area contributed by atoms with Gasteiger partial charge in [-0.1, -0.05) is 0 Å². The van der Waals surface area contributed by atoms with Crippen molar-refractivity contribution in [2.75, 3.05) is 13.1 Å². The number of nitrogens with zero attached hydrogens (tertiary/aromatic N) is 1. The molecule has 0 N–H and O–H groups in total. The zero-order chi connectivity index (χ0) is 2.83. The predicted octanol–water partition coefficient (Wildman–Crippen LogP) is -0.00550. The molecule has 1 rings (SSSR count). The van der Waals surface area contributed by atoms with Gasteiger partial charge in [0.1, 0.15) is 0 Å². The van der Waals surface area contributed by atoms with Crippen molar-refractivity contribution < 1.29 is 0 Å². The van der Waals surface area contributed by atoms with Crippen molar-refractivity contribution >= 4 is 0 Å². The number of rotatable bonds is 0. The first-order valence-corrected chi connectivity index (χ1v) is 1.63. The fourth-order valence-electron chi connectivity index (χ4n) is 0.158. The van der Waals surface area contributed by atoms with E-state index < -0.39 is 0 Å². The Morgan fingerprint density at radius 2 is 1.50 bits per heavy atom.